The molecule has 1 aromatic heterocycles. The van der Waals surface area contributed by atoms with Gasteiger partial charge in [-0.1, -0.05) is 13.0 Å². The highest BCUT2D eigenvalue weighted by atomic mass is 15.2. The van der Waals surface area contributed by atoms with Crippen LogP contribution in [0, 0.1) is 13.5 Å². The SMILES string of the molecule is [CH]=C(NCCN1CCN(C)CC1)c1ccc2[nH]c(C)c(CC)c2c1. The molecule has 1 radical (unpaired) electrons. The smallest absolute Gasteiger partial charge is 0.0459 e. The molecule has 0 amide bonds. The van der Waals surface area contributed by atoms with Crippen LogP contribution in [0.3, 0.4) is 0 Å². The molecular weight excluding hydrogens is 296 g/mol. The van der Waals surface area contributed by atoms with Crippen molar-refractivity contribution in [3.05, 3.63) is 41.6 Å². The Morgan fingerprint density at radius 1 is 1.25 bits per heavy atom. The van der Waals surface area contributed by atoms with E-state index in [-0.39, 0.29) is 0 Å². The number of aromatic amines is 1. The quantitative estimate of drug-likeness (QED) is 0.857. The van der Waals surface area contributed by atoms with Crippen molar-refractivity contribution in [3.8, 4) is 0 Å². The summed E-state index contributed by atoms with van der Waals surface area (Å²) in [6, 6.07) is 6.43. The van der Waals surface area contributed by atoms with Crippen molar-refractivity contribution in [2.24, 2.45) is 0 Å². The predicted molar refractivity (Wildman–Crippen MR) is 102 cm³/mol. The molecule has 0 unspecified atom stereocenters. The maximum absolute atomic E-state index is 6.29. The molecular formula is C20H29N4. The molecule has 24 heavy (non-hydrogen) atoms. The lowest BCUT2D eigenvalue weighted by atomic mass is 10.0. The van der Waals surface area contributed by atoms with Gasteiger partial charge in [0.15, 0.2) is 0 Å². The van der Waals surface area contributed by atoms with Crippen LogP contribution >= 0.6 is 0 Å². The molecule has 4 heteroatoms. The molecule has 2 N–H and O–H groups in total. The number of nitrogens with zero attached hydrogens (tertiary/aromatic N) is 2. The topological polar surface area (TPSA) is 34.3 Å². The lowest BCUT2D eigenvalue weighted by Crippen LogP contribution is -2.46. The summed E-state index contributed by atoms with van der Waals surface area (Å²) in [4.78, 5) is 8.33. The van der Waals surface area contributed by atoms with Crippen molar-refractivity contribution >= 4 is 16.6 Å². The standard InChI is InChI=1S/C20H29N4/c1-5-18-16(3)22-20-7-6-17(14-19(18)20)15(2)21-8-9-24-12-10-23(4)11-13-24/h2,6-7,14,21-22H,5,8-13H2,1,3-4H3. The summed E-state index contributed by atoms with van der Waals surface area (Å²) >= 11 is 0. The monoisotopic (exact) mass is 325 g/mol. The van der Waals surface area contributed by atoms with Gasteiger partial charge in [0.2, 0.25) is 0 Å². The van der Waals surface area contributed by atoms with Crippen molar-refractivity contribution in [1.29, 1.82) is 0 Å². The van der Waals surface area contributed by atoms with E-state index >= 15 is 0 Å². The first kappa shape index (κ1) is 17.1. The Labute approximate surface area is 145 Å². The van der Waals surface area contributed by atoms with Crippen LogP contribution in [0.4, 0.5) is 0 Å². The minimum atomic E-state index is 0.770. The van der Waals surface area contributed by atoms with Gasteiger partial charge in [-0.05, 0) is 50.2 Å². The molecule has 1 aromatic carbocycles. The second kappa shape index (κ2) is 7.41. The number of nitrogens with one attached hydrogen (secondary N) is 2. The van der Waals surface area contributed by atoms with Gasteiger partial charge in [0.25, 0.3) is 0 Å². The van der Waals surface area contributed by atoms with Crippen LogP contribution in [0.25, 0.3) is 16.6 Å². The molecule has 0 spiro atoms. The van der Waals surface area contributed by atoms with Crippen molar-refractivity contribution in [2.45, 2.75) is 20.3 Å². The number of fused-ring (bicyclic) bond motifs is 1. The third-order valence-electron chi connectivity index (χ3n) is 5.12. The highest BCUT2D eigenvalue weighted by Gasteiger charge is 2.13. The lowest BCUT2D eigenvalue weighted by molar-refractivity contribution is 0.156. The second-order valence-corrected chi connectivity index (χ2v) is 6.83. The minimum absolute atomic E-state index is 0.770. The number of likely N-dealkylation sites (N-methyl/N-ethyl adjacent to an activating group) is 1. The second-order valence-electron chi connectivity index (χ2n) is 6.83. The molecule has 4 nitrogen and oxygen atoms in total. The number of H-pyrrole nitrogens is 1. The number of benzene rings is 1. The highest BCUT2D eigenvalue weighted by Crippen LogP contribution is 2.25. The van der Waals surface area contributed by atoms with Crippen LogP contribution in [-0.4, -0.2) is 61.1 Å². The van der Waals surface area contributed by atoms with Gasteiger partial charge in [-0.2, -0.15) is 0 Å². The van der Waals surface area contributed by atoms with E-state index in [2.05, 4.69) is 59.2 Å². The molecule has 0 bridgehead atoms. The third-order valence-corrected chi connectivity index (χ3v) is 5.12. The number of piperazine rings is 1. The zero-order valence-corrected chi connectivity index (χ0v) is 15.2. The first-order valence-electron chi connectivity index (χ1n) is 8.97. The van der Waals surface area contributed by atoms with E-state index in [1.165, 1.54) is 22.2 Å². The third kappa shape index (κ3) is 3.65. The average molecular weight is 325 g/mol. The zero-order chi connectivity index (χ0) is 17.1. The van der Waals surface area contributed by atoms with E-state index in [1.54, 1.807) is 0 Å². The molecule has 1 saturated heterocycles. The van der Waals surface area contributed by atoms with Gasteiger partial charge in [0.1, 0.15) is 0 Å². The summed E-state index contributed by atoms with van der Waals surface area (Å²) in [5.74, 6) is 0. The normalized spacial score (nSPS) is 16.6. The molecule has 2 aromatic rings. The van der Waals surface area contributed by atoms with Gasteiger partial charge in [-0.15, -0.1) is 0 Å². The van der Waals surface area contributed by atoms with Gasteiger partial charge < -0.3 is 15.2 Å². The Morgan fingerprint density at radius 2 is 2.00 bits per heavy atom. The Hall–Kier alpha value is -1.78. The molecule has 1 fully saturated rings. The first-order valence-corrected chi connectivity index (χ1v) is 8.97. The van der Waals surface area contributed by atoms with Gasteiger partial charge >= 0.3 is 0 Å². The molecule has 2 heterocycles. The Balaban J connectivity index is 1.59. The molecule has 0 aliphatic carbocycles. The molecule has 1 aliphatic heterocycles. The summed E-state index contributed by atoms with van der Waals surface area (Å²) in [5.41, 5.74) is 5.68. The Bertz CT molecular complexity index is 708. The molecule has 0 saturated carbocycles. The average Bonchev–Trinajstić information content (AvgIpc) is 2.90. The zero-order valence-electron chi connectivity index (χ0n) is 15.2. The van der Waals surface area contributed by atoms with E-state index in [9.17, 15) is 0 Å². The Kier molecular flexibility index (Phi) is 5.27. The van der Waals surface area contributed by atoms with Crippen molar-refractivity contribution in [2.75, 3.05) is 46.3 Å². The summed E-state index contributed by atoms with van der Waals surface area (Å²) in [6.07, 6.45) is 1.03. The maximum Gasteiger partial charge on any atom is 0.0459 e. The van der Waals surface area contributed by atoms with Gasteiger partial charge in [-0.3, -0.25) is 4.90 Å². The highest BCUT2D eigenvalue weighted by molar-refractivity contribution is 5.87. The van der Waals surface area contributed by atoms with Crippen LogP contribution in [0.2, 0.25) is 0 Å². The fraction of sp³-hybridized carbons (Fsp3) is 0.500. The van der Waals surface area contributed by atoms with E-state index in [0.29, 0.717) is 0 Å². The number of aromatic nitrogens is 1. The van der Waals surface area contributed by atoms with Crippen LogP contribution in [0.1, 0.15) is 23.7 Å². The van der Waals surface area contributed by atoms with E-state index in [0.717, 1.165) is 56.9 Å². The van der Waals surface area contributed by atoms with Gasteiger partial charge in [0, 0.05) is 61.6 Å². The fourth-order valence-corrected chi connectivity index (χ4v) is 3.53. The summed E-state index contributed by atoms with van der Waals surface area (Å²) in [5, 5.41) is 4.68. The maximum atomic E-state index is 6.29. The molecule has 129 valence electrons. The van der Waals surface area contributed by atoms with E-state index in [4.69, 9.17) is 6.58 Å². The van der Waals surface area contributed by atoms with Crippen molar-refractivity contribution < 1.29 is 0 Å². The van der Waals surface area contributed by atoms with Gasteiger partial charge in [0.05, 0.1) is 0 Å². The Morgan fingerprint density at radius 3 is 2.71 bits per heavy atom. The summed E-state index contributed by atoms with van der Waals surface area (Å²) < 4.78 is 0. The van der Waals surface area contributed by atoms with E-state index < -0.39 is 0 Å². The number of hydrogen-bond acceptors (Lipinski definition) is 3. The minimum Gasteiger partial charge on any atom is -0.383 e. The largest absolute Gasteiger partial charge is 0.383 e. The van der Waals surface area contributed by atoms with Crippen molar-refractivity contribution in [3.63, 3.8) is 0 Å². The predicted octanol–water partition coefficient (Wildman–Crippen LogP) is 2.65. The van der Waals surface area contributed by atoms with Crippen LogP contribution < -0.4 is 5.32 Å². The van der Waals surface area contributed by atoms with Crippen LogP contribution in [0.5, 0.6) is 0 Å². The molecule has 1 aliphatic rings. The fourth-order valence-electron chi connectivity index (χ4n) is 3.53. The number of rotatable bonds is 6. The number of hydrogen-bond donors (Lipinski definition) is 2. The van der Waals surface area contributed by atoms with Gasteiger partial charge in [-0.25, -0.2) is 0 Å². The number of aryl methyl sites for hydroxylation is 2. The lowest BCUT2D eigenvalue weighted by Gasteiger charge is -2.32. The first-order chi connectivity index (χ1) is 11.6. The molecule has 0 atom stereocenters. The van der Waals surface area contributed by atoms with Crippen molar-refractivity contribution in [1.82, 2.24) is 20.1 Å². The van der Waals surface area contributed by atoms with Crippen LogP contribution in [-0.2, 0) is 6.42 Å². The summed E-state index contributed by atoms with van der Waals surface area (Å²) in [7, 11) is 2.19. The van der Waals surface area contributed by atoms with E-state index in [1.807, 2.05) is 0 Å². The summed E-state index contributed by atoms with van der Waals surface area (Å²) in [6.45, 7) is 17.2. The molecule has 3 rings (SSSR count). The van der Waals surface area contributed by atoms with Crippen LogP contribution in [0.15, 0.2) is 18.2 Å².